The van der Waals surface area contributed by atoms with Gasteiger partial charge in [0.1, 0.15) is 5.69 Å². The van der Waals surface area contributed by atoms with Crippen LogP contribution in [0.4, 0.5) is 13.2 Å². The predicted molar refractivity (Wildman–Crippen MR) is 83.0 cm³/mol. The van der Waals surface area contributed by atoms with Crippen molar-refractivity contribution in [2.45, 2.75) is 13.1 Å². The van der Waals surface area contributed by atoms with E-state index in [0.717, 1.165) is 6.07 Å². The number of nitrogens with one attached hydrogen (secondary N) is 1. The zero-order chi connectivity index (χ0) is 17.7. The number of nitrogens with zero attached hydrogens (tertiary/aromatic N) is 1. The van der Waals surface area contributed by atoms with Crippen molar-refractivity contribution in [3.63, 3.8) is 0 Å². The fraction of sp³-hybridized carbons (Fsp3) is 0.250. The molecule has 0 bridgehead atoms. The van der Waals surface area contributed by atoms with E-state index in [0.29, 0.717) is 23.7 Å². The van der Waals surface area contributed by atoms with Crippen molar-refractivity contribution in [2.24, 2.45) is 0 Å². The first-order valence-electron chi connectivity index (χ1n) is 7.01. The average Bonchev–Trinajstić information content (AvgIpc) is 2.52. The number of alkyl halides is 3. The molecule has 2 aromatic rings. The van der Waals surface area contributed by atoms with Crippen molar-refractivity contribution in [1.82, 2.24) is 9.97 Å². The van der Waals surface area contributed by atoms with Crippen molar-refractivity contribution in [3.05, 3.63) is 51.7 Å². The van der Waals surface area contributed by atoms with Gasteiger partial charge in [0.25, 0.3) is 0 Å². The quantitative estimate of drug-likeness (QED) is 0.906. The Kier molecular flexibility index (Phi) is 5.28. The lowest BCUT2D eigenvalue weighted by Crippen LogP contribution is -2.19. The topological polar surface area (TPSA) is 64.2 Å². The summed E-state index contributed by atoms with van der Waals surface area (Å²) in [6.07, 6.45) is -1.79. The molecule has 0 amide bonds. The SMILES string of the molecule is CCOc1cc(C=Cc2cc(C(F)(F)F)[nH]c(=O)n2)ccc1OC. The number of hydrogen-bond donors (Lipinski definition) is 1. The number of aromatic nitrogens is 2. The molecular formula is C16H15F3N2O3. The van der Waals surface area contributed by atoms with Crippen LogP contribution in [0.2, 0.25) is 0 Å². The molecule has 0 aliphatic rings. The van der Waals surface area contributed by atoms with Crippen molar-refractivity contribution < 1.29 is 22.6 Å². The highest BCUT2D eigenvalue weighted by atomic mass is 19.4. The summed E-state index contributed by atoms with van der Waals surface area (Å²) in [6.45, 7) is 2.26. The van der Waals surface area contributed by atoms with Crippen LogP contribution < -0.4 is 15.2 Å². The fourth-order valence-corrected chi connectivity index (χ4v) is 1.96. The zero-order valence-corrected chi connectivity index (χ0v) is 13.0. The first kappa shape index (κ1) is 17.6. The van der Waals surface area contributed by atoms with Gasteiger partial charge in [-0.25, -0.2) is 4.79 Å². The Labute approximate surface area is 135 Å². The summed E-state index contributed by atoms with van der Waals surface area (Å²) >= 11 is 0. The Morgan fingerprint density at radius 2 is 1.96 bits per heavy atom. The van der Waals surface area contributed by atoms with E-state index < -0.39 is 17.6 Å². The number of hydrogen-bond acceptors (Lipinski definition) is 4. The first-order valence-corrected chi connectivity index (χ1v) is 7.01. The van der Waals surface area contributed by atoms with Crippen LogP contribution >= 0.6 is 0 Å². The summed E-state index contributed by atoms with van der Waals surface area (Å²) in [7, 11) is 1.51. The van der Waals surface area contributed by atoms with Crippen LogP contribution in [0.25, 0.3) is 12.2 Å². The summed E-state index contributed by atoms with van der Waals surface area (Å²) in [6, 6.07) is 5.83. The third-order valence-electron chi connectivity index (χ3n) is 3.00. The molecule has 128 valence electrons. The Morgan fingerprint density at radius 1 is 1.21 bits per heavy atom. The molecule has 8 heteroatoms. The van der Waals surface area contributed by atoms with E-state index in [1.54, 1.807) is 23.2 Å². The summed E-state index contributed by atoms with van der Waals surface area (Å²) < 4.78 is 48.6. The highest BCUT2D eigenvalue weighted by molar-refractivity contribution is 5.69. The lowest BCUT2D eigenvalue weighted by Gasteiger charge is -2.09. The van der Waals surface area contributed by atoms with Gasteiger partial charge in [0, 0.05) is 0 Å². The highest BCUT2D eigenvalue weighted by Gasteiger charge is 2.32. The third kappa shape index (κ3) is 4.37. The molecule has 0 saturated heterocycles. The van der Waals surface area contributed by atoms with Crippen molar-refractivity contribution in [2.75, 3.05) is 13.7 Å². The predicted octanol–water partition coefficient (Wildman–Crippen LogP) is 3.37. The van der Waals surface area contributed by atoms with Crippen molar-refractivity contribution >= 4 is 12.2 Å². The molecular weight excluding hydrogens is 325 g/mol. The van der Waals surface area contributed by atoms with E-state index in [1.807, 2.05) is 6.92 Å². The van der Waals surface area contributed by atoms with Gasteiger partial charge in [0.2, 0.25) is 0 Å². The standard InChI is InChI=1S/C16H15F3N2O3/c1-3-24-13-8-10(5-7-12(13)23-2)4-6-11-9-14(16(17,18)19)21-15(22)20-11/h4-9H,3H2,1-2H3,(H,20,21,22). The van der Waals surface area contributed by atoms with Crippen LogP contribution in [-0.2, 0) is 6.18 Å². The van der Waals surface area contributed by atoms with Gasteiger partial charge in [0.15, 0.2) is 11.5 Å². The summed E-state index contributed by atoms with van der Waals surface area (Å²) in [5.74, 6) is 1.06. The number of benzene rings is 1. The highest BCUT2D eigenvalue weighted by Crippen LogP contribution is 2.29. The molecule has 2 rings (SSSR count). The Morgan fingerprint density at radius 3 is 2.58 bits per heavy atom. The number of ether oxygens (including phenoxy) is 2. The molecule has 5 nitrogen and oxygen atoms in total. The molecule has 0 aliphatic carbocycles. The van der Waals surface area contributed by atoms with Crippen LogP contribution in [0.1, 0.15) is 23.9 Å². The largest absolute Gasteiger partial charge is 0.493 e. The van der Waals surface area contributed by atoms with Crippen LogP contribution in [-0.4, -0.2) is 23.7 Å². The van der Waals surface area contributed by atoms with Gasteiger partial charge >= 0.3 is 11.9 Å². The summed E-state index contributed by atoms with van der Waals surface area (Å²) in [4.78, 5) is 16.4. The molecule has 1 N–H and O–H groups in total. The second-order valence-corrected chi connectivity index (χ2v) is 4.70. The second-order valence-electron chi connectivity index (χ2n) is 4.70. The molecule has 0 atom stereocenters. The summed E-state index contributed by atoms with van der Waals surface area (Å²) in [5, 5.41) is 0. The molecule has 24 heavy (non-hydrogen) atoms. The molecule has 1 aromatic heterocycles. The molecule has 0 fully saturated rings. The second kappa shape index (κ2) is 7.20. The maximum atomic E-state index is 12.7. The van der Waals surface area contributed by atoms with Gasteiger partial charge in [0.05, 0.1) is 19.4 Å². The van der Waals surface area contributed by atoms with Gasteiger partial charge < -0.3 is 14.5 Å². The van der Waals surface area contributed by atoms with E-state index in [4.69, 9.17) is 9.47 Å². The molecule has 0 radical (unpaired) electrons. The van der Waals surface area contributed by atoms with E-state index in [9.17, 15) is 18.0 Å². The minimum Gasteiger partial charge on any atom is -0.493 e. The monoisotopic (exact) mass is 340 g/mol. The number of rotatable bonds is 5. The number of H-pyrrole nitrogens is 1. The van der Waals surface area contributed by atoms with Gasteiger partial charge in [-0.2, -0.15) is 18.2 Å². The van der Waals surface area contributed by atoms with Crippen LogP contribution in [0.15, 0.2) is 29.1 Å². The molecule has 0 unspecified atom stereocenters. The van der Waals surface area contributed by atoms with Crippen LogP contribution in [0.5, 0.6) is 11.5 Å². The Bertz CT molecular complexity index is 798. The van der Waals surface area contributed by atoms with E-state index >= 15 is 0 Å². The maximum Gasteiger partial charge on any atom is 0.431 e. The first-order chi connectivity index (χ1) is 11.3. The van der Waals surface area contributed by atoms with Gasteiger partial charge in [-0.05, 0) is 36.8 Å². The maximum absolute atomic E-state index is 12.7. The molecule has 1 aromatic carbocycles. The Balaban J connectivity index is 2.33. The number of halogens is 3. The normalized spacial score (nSPS) is 11.7. The summed E-state index contributed by atoms with van der Waals surface area (Å²) in [5.41, 5.74) is -1.64. The van der Waals surface area contributed by atoms with E-state index in [2.05, 4.69) is 4.98 Å². The molecule has 1 heterocycles. The third-order valence-corrected chi connectivity index (χ3v) is 3.00. The van der Waals surface area contributed by atoms with Gasteiger partial charge in [-0.3, -0.25) is 0 Å². The lowest BCUT2D eigenvalue weighted by atomic mass is 10.1. The van der Waals surface area contributed by atoms with Crippen LogP contribution in [0.3, 0.4) is 0 Å². The zero-order valence-electron chi connectivity index (χ0n) is 13.0. The van der Waals surface area contributed by atoms with Gasteiger partial charge in [-0.15, -0.1) is 0 Å². The average molecular weight is 340 g/mol. The molecule has 0 saturated carbocycles. The van der Waals surface area contributed by atoms with Crippen molar-refractivity contribution in [3.8, 4) is 11.5 Å². The van der Waals surface area contributed by atoms with E-state index in [-0.39, 0.29) is 5.69 Å². The number of methoxy groups -OCH3 is 1. The smallest absolute Gasteiger partial charge is 0.431 e. The minimum absolute atomic E-state index is 0.0974. The van der Waals surface area contributed by atoms with Gasteiger partial charge in [-0.1, -0.05) is 12.1 Å². The van der Waals surface area contributed by atoms with E-state index in [1.165, 1.54) is 19.3 Å². The van der Waals surface area contributed by atoms with Crippen molar-refractivity contribution in [1.29, 1.82) is 0 Å². The molecule has 0 spiro atoms. The van der Waals surface area contributed by atoms with Crippen LogP contribution in [0, 0.1) is 0 Å². The minimum atomic E-state index is -4.65. The number of aromatic amines is 1. The Hall–Kier alpha value is -2.77. The fourth-order valence-electron chi connectivity index (χ4n) is 1.96. The molecule has 0 aliphatic heterocycles. The lowest BCUT2D eigenvalue weighted by molar-refractivity contribution is -0.141.